The maximum Gasteiger partial charge on any atom is 0.335 e. The summed E-state index contributed by atoms with van der Waals surface area (Å²) in [5.74, 6) is -1.80. The molecule has 0 amide bonds. The van der Waals surface area contributed by atoms with Gasteiger partial charge in [0.1, 0.15) is 0 Å². The van der Waals surface area contributed by atoms with Crippen LogP contribution < -0.4 is 0 Å². The molecule has 0 radical (unpaired) electrons. The third kappa shape index (κ3) is 3.08. The number of aliphatic carboxylic acids is 1. The van der Waals surface area contributed by atoms with Crippen molar-refractivity contribution in [2.24, 2.45) is 0 Å². The van der Waals surface area contributed by atoms with Crippen LogP contribution >= 0.6 is 0 Å². The van der Waals surface area contributed by atoms with E-state index in [-0.39, 0.29) is 12.0 Å². The van der Waals surface area contributed by atoms with E-state index in [1.807, 2.05) is 6.92 Å². The van der Waals surface area contributed by atoms with Crippen molar-refractivity contribution in [1.29, 1.82) is 0 Å². The SMILES string of the molecule is CCc1cc(C(=O)O)ccc1CCC(=O)O. The first-order valence-corrected chi connectivity index (χ1v) is 5.11. The lowest BCUT2D eigenvalue weighted by atomic mass is 9.98. The van der Waals surface area contributed by atoms with Gasteiger partial charge in [0.15, 0.2) is 0 Å². The number of benzene rings is 1. The zero-order valence-corrected chi connectivity index (χ0v) is 9.06. The van der Waals surface area contributed by atoms with Crippen molar-refractivity contribution < 1.29 is 19.8 Å². The zero-order valence-electron chi connectivity index (χ0n) is 9.06. The first-order chi connectivity index (χ1) is 7.54. The molecule has 0 saturated carbocycles. The summed E-state index contributed by atoms with van der Waals surface area (Å²) in [5, 5.41) is 17.4. The highest BCUT2D eigenvalue weighted by molar-refractivity contribution is 5.87. The summed E-state index contributed by atoms with van der Waals surface area (Å²) in [7, 11) is 0. The second-order valence-corrected chi connectivity index (χ2v) is 3.54. The van der Waals surface area contributed by atoms with E-state index in [0.717, 1.165) is 11.1 Å². The van der Waals surface area contributed by atoms with Crippen molar-refractivity contribution in [2.45, 2.75) is 26.2 Å². The molecule has 0 atom stereocenters. The molecule has 0 fully saturated rings. The number of carboxylic acids is 2. The van der Waals surface area contributed by atoms with Crippen molar-refractivity contribution in [2.75, 3.05) is 0 Å². The minimum Gasteiger partial charge on any atom is -0.481 e. The van der Waals surface area contributed by atoms with Gasteiger partial charge >= 0.3 is 11.9 Å². The standard InChI is InChI=1S/C12H14O4/c1-2-8-7-10(12(15)16)4-3-9(8)5-6-11(13)14/h3-4,7H,2,5-6H2,1H3,(H,13,14)(H,15,16). The molecule has 4 nitrogen and oxygen atoms in total. The number of hydrogen-bond acceptors (Lipinski definition) is 2. The Kier molecular flexibility index (Phi) is 4.05. The largest absolute Gasteiger partial charge is 0.481 e. The minimum atomic E-state index is -0.959. The quantitative estimate of drug-likeness (QED) is 0.798. The Morgan fingerprint density at radius 1 is 1.19 bits per heavy atom. The van der Waals surface area contributed by atoms with E-state index in [4.69, 9.17) is 10.2 Å². The molecule has 86 valence electrons. The Morgan fingerprint density at radius 3 is 2.38 bits per heavy atom. The number of carboxylic acid groups (broad SMARTS) is 2. The first-order valence-electron chi connectivity index (χ1n) is 5.11. The molecule has 0 spiro atoms. The molecule has 1 rings (SSSR count). The summed E-state index contributed by atoms with van der Waals surface area (Å²) in [5.41, 5.74) is 2.06. The van der Waals surface area contributed by atoms with Crippen molar-refractivity contribution in [3.8, 4) is 0 Å². The van der Waals surface area contributed by atoms with E-state index in [9.17, 15) is 9.59 Å². The number of aromatic carboxylic acids is 1. The highest BCUT2D eigenvalue weighted by Gasteiger charge is 2.08. The molecule has 0 aromatic heterocycles. The van der Waals surface area contributed by atoms with Crippen LogP contribution in [0.4, 0.5) is 0 Å². The second kappa shape index (κ2) is 5.30. The van der Waals surface area contributed by atoms with Crippen molar-refractivity contribution in [3.05, 3.63) is 34.9 Å². The Bertz CT molecular complexity index is 409. The van der Waals surface area contributed by atoms with Gasteiger partial charge < -0.3 is 10.2 Å². The first kappa shape index (κ1) is 12.2. The molecule has 4 heteroatoms. The van der Waals surface area contributed by atoms with Gasteiger partial charge in [0.2, 0.25) is 0 Å². The summed E-state index contributed by atoms with van der Waals surface area (Å²) in [6.07, 6.45) is 1.22. The Morgan fingerprint density at radius 2 is 1.88 bits per heavy atom. The number of aryl methyl sites for hydroxylation is 2. The maximum absolute atomic E-state index is 10.8. The van der Waals surface area contributed by atoms with Gasteiger partial charge in [-0.05, 0) is 36.1 Å². The van der Waals surface area contributed by atoms with Gasteiger partial charge in [-0.15, -0.1) is 0 Å². The van der Waals surface area contributed by atoms with Gasteiger partial charge in [-0.2, -0.15) is 0 Å². The molecule has 0 aliphatic rings. The second-order valence-electron chi connectivity index (χ2n) is 3.54. The fraction of sp³-hybridized carbons (Fsp3) is 0.333. The maximum atomic E-state index is 10.8. The summed E-state index contributed by atoms with van der Waals surface area (Å²) < 4.78 is 0. The molecule has 1 aromatic rings. The van der Waals surface area contributed by atoms with Crippen LogP contribution in [-0.4, -0.2) is 22.2 Å². The van der Waals surface area contributed by atoms with Crippen molar-refractivity contribution >= 4 is 11.9 Å². The van der Waals surface area contributed by atoms with Gasteiger partial charge in [0.25, 0.3) is 0 Å². The van der Waals surface area contributed by atoms with Crippen molar-refractivity contribution in [3.63, 3.8) is 0 Å². The Hall–Kier alpha value is -1.84. The fourth-order valence-electron chi connectivity index (χ4n) is 1.57. The van der Waals surface area contributed by atoms with Gasteiger partial charge in [-0.3, -0.25) is 4.79 Å². The van der Waals surface area contributed by atoms with E-state index in [2.05, 4.69) is 0 Å². The van der Waals surface area contributed by atoms with Gasteiger partial charge in [0, 0.05) is 6.42 Å². The highest BCUT2D eigenvalue weighted by Crippen LogP contribution is 2.15. The molecule has 0 bridgehead atoms. The Balaban J connectivity index is 2.93. The lowest BCUT2D eigenvalue weighted by Crippen LogP contribution is -2.03. The summed E-state index contributed by atoms with van der Waals surface area (Å²) in [4.78, 5) is 21.2. The van der Waals surface area contributed by atoms with Crippen LogP contribution in [0.1, 0.15) is 34.8 Å². The zero-order chi connectivity index (χ0) is 12.1. The highest BCUT2D eigenvalue weighted by atomic mass is 16.4. The average Bonchev–Trinajstić information content (AvgIpc) is 2.25. The molecule has 0 aliphatic carbocycles. The summed E-state index contributed by atoms with van der Waals surface area (Å²) in [6.45, 7) is 1.92. The normalized spacial score (nSPS) is 10.1. The van der Waals surface area contributed by atoms with Crippen LogP contribution in [0.25, 0.3) is 0 Å². The van der Waals surface area contributed by atoms with E-state index in [1.165, 1.54) is 6.07 Å². The predicted molar refractivity (Wildman–Crippen MR) is 58.7 cm³/mol. The van der Waals surface area contributed by atoms with Gasteiger partial charge in [-0.1, -0.05) is 13.0 Å². The molecular formula is C12H14O4. The third-order valence-electron chi connectivity index (χ3n) is 2.44. The third-order valence-corrected chi connectivity index (χ3v) is 2.44. The van der Waals surface area contributed by atoms with Crippen LogP contribution in [0.5, 0.6) is 0 Å². The number of rotatable bonds is 5. The molecular weight excluding hydrogens is 208 g/mol. The van der Waals surface area contributed by atoms with E-state index in [0.29, 0.717) is 12.8 Å². The molecule has 0 unspecified atom stereocenters. The van der Waals surface area contributed by atoms with Crippen LogP contribution in [0.15, 0.2) is 18.2 Å². The number of carbonyl (C=O) groups is 2. The lowest BCUT2D eigenvalue weighted by molar-refractivity contribution is -0.136. The van der Waals surface area contributed by atoms with Crippen LogP contribution in [0.3, 0.4) is 0 Å². The van der Waals surface area contributed by atoms with Crippen LogP contribution in [0, 0.1) is 0 Å². The van der Waals surface area contributed by atoms with Gasteiger partial charge in [0.05, 0.1) is 5.56 Å². The molecule has 0 saturated heterocycles. The van der Waals surface area contributed by atoms with Gasteiger partial charge in [-0.25, -0.2) is 4.79 Å². The lowest BCUT2D eigenvalue weighted by Gasteiger charge is -2.07. The molecule has 16 heavy (non-hydrogen) atoms. The summed E-state index contributed by atoms with van der Waals surface area (Å²) in [6, 6.07) is 4.82. The monoisotopic (exact) mass is 222 g/mol. The van der Waals surface area contributed by atoms with E-state index in [1.54, 1.807) is 12.1 Å². The smallest absolute Gasteiger partial charge is 0.335 e. The fourth-order valence-corrected chi connectivity index (χ4v) is 1.57. The summed E-state index contributed by atoms with van der Waals surface area (Å²) >= 11 is 0. The molecule has 1 aromatic carbocycles. The molecule has 2 N–H and O–H groups in total. The average molecular weight is 222 g/mol. The van der Waals surface area contributed by atoms with E-state index >= 15 is 0 Å². The molecule has 0 heterocycles. The molecule has 0 aliphatic heterocycles. The topological polar surface area (TPSA) is 74.6 Å². The van der Waals surface area contributed by atoms with Crippen LogP contribution in [0.2, 0.25) is 0 Å². The van der Waals surface area contributed by atoms with Crippen LogP contribution in [-0.2, 0) is 17.6 Å². The van der Waals surface area contributed by atoms with E-state index < -0.39 is 11.9 Å². The predicted octanol–water partition coefficient (Wildman–Crippen LogP) is 1.96. The Labute approximate surface area is 93.5 Å². The minimum absolute atomic E-state index is 0.0689. The number of hydrogen-bond donors (Lipinski definition) is 2. The van der Waals surface area contributed by atoms with Crippen molar-refractivity contribution in [1.82, 2.24) is 0 Å².